The summed E-state index contributed by atoms with van der Waals surface area (Å²) in [5.41, 5.74) is 25.2. The minimum atomic E-state index is -0.285. The van der Waals surface area contributed by atoms with E-state index in [9.17, 15) is 0 Å². The van der Waals surface area contributed by atoms with E-state index in [2.05, 4.69) is 304 Å². The summed E-state index contributed by atoms with van der Waals surface area (Å²) in [6.45, 7) is 9.83. The first-order valence-electron chi connectivity index (χ1n) is 29.1. The van der Waals surface area contributed by atoms with Crippen LogP contribution in [0.2, 0.25) is 0 Å². The van der Waals surface area contributed by atoms with Crippen molar-refractivity contribution in [2.24, 2.45) is 0 Å². The Morgan fingerprint density at radius 1 is 0.317 bits per heavy atom. The molecule has 0 unspecified atom stereocenters. The fourth-order valence-corrected chi connectivity index (χ4v) is 14.9. The van der Waals surface area contributed by atoms with Crippen LogP contribution in [-0.2, 0) is 17.3 Å². The van der Waals surface area contributed by atoms with E-state index in [0.29, 0.717) is 0 Å². The Kier molecular flexibility index (Phi) is 10.8. The summed E-state index contributed by atoms with van der Waals surface area (Å²) in [6.07, 6.45) is 6.77. The minimum absolute atomic E-state index is 0.273. The van der Waals surface area contributed by atoms with Gasteiger partial charge in [-0.1, -0.05) is 228 Å². The Bertz CT molecular complexity index is 4640. The monoisotopic (exact) mass is 1050 g/mol. The van der Waals surface area contributed by atoms with Crippen molar-refractivity contribution in [2.45, 2.75) is 51.4 Å². The van der Waals surface area contributed by atoms with Gasteiger partial charge in [0.25, 0.3) is 0 Å². The van der Waals surface area contributed by atoms with E-state index in [1.165, 1.54) is 132 Å². The first-order chi connectivity index (χ1) is 40.3. The number of hydrogen-bond donors (Lipinski definition) is 0. The van der Waals surface area contributed by atoms with Gasteiger partial charge < -0.3 is 9.80 Å². The lowest BCUT2D eigenvalue weighted by Gasteiger charge is -2.37. The molecule has 13 aromatic rings. The fourth-order valence-electron chi connectivity index (χ4n) is 14.9. The van der Waals surface area contributed by atoms with E-state index in [0.717, 1.165) is 35.6 Å². The standard InChI is InChI=1S/C80H60N2/c1-79(2)69-43-25-42-67-75-66-47-45-52(74-60-36-19-23-40-64(60)78(65-41-24-20-37-61(65)74)82(55-30-13-7-14-31-55)56-32-15-8-16-33-56)49-71(66)80(3,4)72(75)50-68(76(67)69)57-46-44-51(48-70(57)79)73-58-34-17-21-38-62(58)77(63-39-22-18-35-59(63)73)81(53-26-9-5-10-27-53)54-28-11-6-12-29-54/h5-23,25-40,42-50H,24,41H2,1-4H3. The predicted molar refractivity (Wildman–Crippen MR) is 349 cm³/mol. The smallest absolute Gasteiger partial charge is 0.0618 e. The van der Waals surface area contributed by atoms with E-state index in [-0.39, 0.29) is 10.8 Å². The van der Waals surface area contributed by atoms with E-state index in [1.807, 2.05) is 0 Å². The van der Waals surface area contributed by atoms with Gasteiger partial charge >= 0.3 is 0 Å². The van der Waals surface area contributed by atoms with Gasteiger partial charge in [-0.25, -0.2) is 0 Å². The van der Waals surface area contributed by atoms with Crippen molar-refractivity contribution in [2.75, 3.05) is 9.80 Å². The SMILES string of the molecule is CC1(C)c2cc(-c3c4c(c(N(c5ccccc5)c5ccccc5)c5ccccc35)CCC=C4)ccc2-c2c1cc1c3c(cccc23)C(C)(C)c2cc(-c3c4ccccc4c(N(c4ccccc4)c4ccccc4)c4ccccc34)ccc2-1. The Balaban J connectivity index is 0.860. The first-order valence-corrected chi connectivity index (χ1v) is 29.1. The molecule has 2 heteroatoms. The first kappa shape index (κ1) is 48.2. The molecule has 0 bridgehead atoms. The van der Waals surface area contributed by atoms with Crippen molar-refractivity contribution in [3.05, 3.63) is 294 Å². The number of fused-ring (bicyclic) bond motifs is 10. The van der Waals surface area contributed by atoms with Crippen molar-refractivity contribution in [1.29, 1.82) is 0 Å². The van der Waals surface area contributed by atoms with Crippen LogP contribution in [0.4, 0.5) is 34.1 Å². The molecule has 0 aliphatic heterocycles. The van der Waals surface area contributed by atoms with Gasteiger partial charge in [-0.2, -0.15) is 0 Å². The van der Waals surface area contributed by atoms with E-state index < -0.39 is 0 Å². The molecule has 0 saturated carbocycles. The van der Waals surface area contributed by atoms with Crippen molar-refractivity contribution >= 4 is 83.3 Å². The number of nitrogens with zero attached hydrogens (tertiary/aromatic N) is 2. The summed E-state index contributed by atoms with van der Waals surface area (Å²) in [5, 5.41) is 10.2. The van der Waals surface area contributed by atoms with Crippen LogP contribution in [0.5, 0.6) is 0 Å². The minimum Gasteiger partial charge on any atom is -0.310 e. The zero-order valence-corrected chi connectivity index (χ0v) is 46.7. The molecule has 3 aliphatic rings. The lowest BCUT2D eigenvalue weighted by molar-refractivity contribution is 0.644. The Morgan fingerprint density at radius 3 is 1.29 bits per heavy atom. The molecule has 0 heterocycles. The highest BCUT2D eigenvalue weighted by Gasteiger charge is 2.42. The predicted octanol–water partition coefficient (Wildman–Crippen LogP) is 22.1. The molecular weight excluding hydrogens is 989 g/mol. The van der Waals surface area contributed by atoms with Crippen molar-refractivity contribution < 1.29 is 0 Å². The van der Waals surface area contributed by atoms with Crippen LogP contribution in [-0.4, -0.2) is 0 Å². The van der Waals surface area contributed by atoms with E-state index >= 15 is 0 Å². The molecule has 0 aromatic heterocycles. The van der Waals surface area contributed by atoms with Gasteiger partial charge in [0.2, 0.25) is 0 Å². The number of hydrogen-bond acceptors (Lipinski definition) is 2. The van der Waals surface area contributed by atoms with Gasteiger partial charge in [0, 0.05) is 49.7 Å². The van der Waals surface area contributed by atoms with E-state index in [1.54, 1.807) is 0 Å². The third-order valence-electron chi connectivity index (χ3n) is 18.6. The highest BCUT2D eigenvalue weighted by molar-refractivity contribution is 6.23. The largest absolute Gasteiger partial charge is 0.310 e. The summed E-state index contributed by atoms with van der Waals surface area (Å²) >= 11 is 0. The number of rotatable bonds is 8. The lowest BCUT2D eigenvalue weighted by atomic mass is 9.66. The molecule has 16 rings (SSSR count). The summed E-state index contributed by atoms with van der Waals surface area (Å²) in [5.74, 6) is 0. The van der Waals surface area contributed by atoms with Gasteiger partial charge in [0.1, 0.15) is 0 Å². The Hall–Kier alpha value is -9.76. The van der Waals surface area contributed by atoms with Crippen LogP contribution in [0.25, 0.3) is 93.7 Å². The van der Waals surface area contributed by atoms with E-state index in [4.69, 9.17) is 0 Å². The maximum atomic E-state index is 2.59. The molecule has 0 fully saturated rings. The number of benzene rings is 13. The van der Waals surface area contributed by atoms with Crippen molar-refractivity contribution in [1.82, 2.24) is 0 Å². The Morgan fingerprint density at radius 2 is 0.744 bits per heavy atom. The molecule has 0 spiro atoms. The third kappa shape index (κ3) is 7.07. The summed E-state index contributed by atoms with van der Waals surface area (Å²) in [4.78, 5) is 4.93. The van der Waals surface area contributed by atoms with Crippen LogP contribution < -0.4 is 9.80 Å². The zero-order valence-electron chi connectivity index (χ0n) is 46.7. The molecule has 0 radical (unpaired) electrons. The second-order valence-electron chi connectivity index (χ2n) is 23.8. The second-order valence-corrected chi connectivity index (χ2v) is 23.8. The second kappa shape index (κ2) is 18.4. The maximum absolute atomic E-state index is 2.59. The molecule has 0 atom stereocenters. The van der Waals surface area contributed by atoms with Gasteiger partial charge in [0.05, 0.1) is 11.4 Å². The van der Waals surface area contributed by atoms with Crippen molar-refractivity contribution in [3.63, 3.8) is 0 Å². The number of allylic oxidation sites excluding steroid dienone is 1. The molecule has 2 nitrogen and oxygen atoms in total. The highest BCUT2D eigenvalue weighted by atomic mass is 15.2. The number of anilines is 6. The normalized spacial score (nSPS) is 14.1. The number of para-hydroxylation sites is 4. The van der Waals surface area contributed by atoms with Crippen LogP contribution in [0.15, 0.2) is 261 Å². The van der Waals surface area contributed by atoms with Crippen LogP contribution in [0.1, 0.15) is 67.5 Å². The molecule has 3 aliphatic carbocycles. The molecular formula is C80H60N2. The lowest BCUT2D eigenvalue weighted by Crippen LogP contribution is -2.24. The third-order valence-corrected chi connectivity index (χ3v) is 18.6. The molecule has 390 valence electrons. The molecule has 0 N–H and O–H groups in total. The van der Waals surface area contributed by atoms with Crippen molar-refractivity contribution in [3.8, 4) is 44.5 Å². The summed E-state index contributed by atoms with van der Waals surface area (Å²) in [6, 6.07) is 95.3. The quantitative estimate of drug-likeness (QED) is 0.140. The highest BCUT2D eigenvalue weighted by Crippen LogP contribution is 2.59. The Labute approximate surface area is 480 Å². The summed E-state index contributed by atoms with van der Waals surface area (Å²) < 4.78 is 0. The summed E-state index contributed by atoms with van der Waals surface area (Å²) in [7, 11) is 0. The topological polar surface area (TPSA) is 6.48 Å². The maximum Gasteiger partial charge on any atom is 0.0618 e. The molecule has 82 heavy (non-hydrogen) atoms. The van der Waals surface area contributed by atoms with Crippen LogP contribution in [0.3, 0.4) is 0 Å². The molecule has 0 saturated heterocycles. The van der Waals surface area contributed by atoms with Gasteiger partial charge in [0.15, 0.2) is 0 Å². The van der Waals surface area contributed by atoms with Crippen LogP contribution >= 0.6 is 0 Å². The average Bonchev–Trinajstić information content (AvgIpc) is 3.46. The average molecular weight is 1050 g/mol. The van der Waals surface area contributed by atoms with Gasteiger partial charge in [-0.15, -0.1) is 0 Å². The molecule has 0 amide bonds. The molecule has 13 aromatic carbocycles. The fraction of sp³-hybridized carbons (Fsp3) is 0.100. The van der Waals surface area contributed by atoms with Gasteiger partial charge in [-0.05, 0) is 184 Å². The van der Waals surface area contributed by atoms with Gasteiger partial charge in [-0.3, -0.25) is 0 Å². The zero-order chi connectivity index (χ0) is 54.8. The van der Waals surface area contributed by atoms with Crippen LogP contribution in [0, 0.1) is 0 Å².